The van der Waals surface area contributed by atoms with Gasteiger partial charge in [-0.05, 0) is 36.2 Å². The Morgan fingerprint density at radius 2 is 1.74 bits per heavy atom. The lowest BCUT2D eigenvalue weighted by molar-refractivity contribution is -0.136. The molecule has 2 aromatic carbocycles. The van der Waals surface area contributed by atoms with Gasteiger partial charge in [0.2, 0.25) is 0 Å². The van der Waals surface area contributed by atoms with Crippen molar-refractivity contribution in [2.75, 3.05) is 11.9 Å². The van der Waals surface area contributed by atoms with Crippen LogP contribution in [0.3, 0.4) is 0 Å². The Balaban J connectivity index is 2.03. The third-order valence-corrected chi connectivity index (χ3v) is 3.61. The van der Waals surface area contributed by atoms with E-state index in [0.29, 0.717) is 16.3 Å². The molecule has 5 nitrogen and oxygen atoms in total. The molecule has 2 amide bonds. The zero-order valence-electron chi connectivity index (χ0n) is 12.5. The standard InChI is InChI=1S/C17H17ClN2O3/c1-11-4-2-3-5-14(11)19-16(22)17(23)20-15(10-21)12-6-8-13(18)9-7-12/h2-9,15,21H,10H2,1H3,(H,19,22)(H,20,23). The van der Waals surface area contributed by atoms with E-state index in [4.69, 9.17) is 11.6 Å². The van der Waals surface area contributed by atoms with E-state index in [9.17, 15) is 14.7 Å². The van der Waals surface area contributed by atoms with Crippen LogP contribution in [0.4, 0.5) is 5.69 Å². The smallest absolute Gasteiger partial charge is 0.313 e. The number of carbonyl (C=O) groups excluding carboxylic acids is 2. The van der Waals surface area contributed by atoms with Gasteiger partial charge in [0, 0.05) is 10.7 Å². The highest BCUT2D eigenvalue weighted by Gasteiger charge is 2.20. The molecule has 23 heavy (non-hydrogen) atoms. The Morgan fingerprint density at radius 1 is 1.09 bits per heavy atom. The number of nitrogens with one attached hydrogen (secondary N) is 2. The van der Waals surface area contributed by atoms with Crippen LogP contribution in [0.2, 0.25) is 5.02 Å². The number of aliphatic hydroxyl groups is 1. The van der Waals surface area contributed by atoms with Crippen LogP contribution < -0.4 is 10.6 Å². The molecule has 0 aliphatic heterocycles. The lowest BCUT2D eigenvalue weighted by Gasteiger charge is -2.17. The van der Waals surface area contributed by atoms with E-state index in [1.807, 2.05) is 19.1 Å². The molecule has 0 radical (unpaired) electrons. The maximum Gasteiger partial charge on any atom is 0.313 e. The molecule has 3 N–H and O–H groups in total. The minimum absolute atomic E-state index is 0.328. The summed E-state index contributed by atoms with van der Waals surface area (Å²) in [4.78, 5) is 24.0. The number of aliphatic hydroxyl groups excluding tert-OH is 1. The van der Waals surface area contributed by atoms with Crippen LogP contribution >= 0.6 is 11.6 Å². The van der Waals surface area contributed by atoms with E-state index < -0.39 is 17.9 Å². The summed E-state index contributed by atoms with van der Waals surface area (Å²) in [5, 5.41) is 15.0. The summed E-state index contributed by atoms with van der Waals surface area (Å²) < 4.78 is 0. The van der Waals surface area contributed by atoms with Crippen molar-refractivity contribution in [1.29, 1.82) is 0 Å². The Labute approximate surface area is 139 Å². The van der Waals surface area contributed by atoms with E-state index in [1.165, 1.54) is 0 Å². The van der Waals surface area contributed by atoms with Crippen LogP contribution in [0.25, 0.3) is 0 Å². The highest BCUT2D eigenvalue weighted by molar-refractivity contribution is 6.39. The molecule has 1 atom stereocenters. The minimum atomic E-state index is -0.817. The maximum atomic E-state index is 12.0. The summed E-state index contributed by atoms with van der Waals surface area (Å²) in [5.74, 6) is -1.60. The predicted octanol–water partition coefficient (Wildman–Crippen LogP) is 2.44. The van der Waals surface area contributed by atoms with Gasteiger partial charge in [-0.3, -0.25) is 9.59 Å². The van der Waals surface area contributed by atoms with Crippen molar-refractivity contribution in [2.24, 2.45) is 0 Å². The Kier molecular flexibility index (Phi) is 5.73. The molecule has 2 aromatic rings. The number of benzene rings is 2. The third kappa shape index (κ3) is 4.55. The summed E-state index contributed by atoms with van der Waals surface area (Å²) in [6, 6.07) is 13.1. The van der Waals surface area contributed by atoms with Crippen molar-refractivity contribution in [3.8, 4) is 0 Å². The molecule has 120 valence electrons. The molecular weight excluding hydrogens is 316 g/mol. The Bertz CT molecular complexity index is 701. The number of aryl methyl sites for hydroxylation is 1. The molecule has 0 saturated heterocycles. The molecule has 0 aromatic heterocycles. The number of rotatable bonds is 4. The van der Waals surface area contributed by atoms with Crippen molar-refractivity contribution < 1.29 is 14.7 Å². The van der Waals surface area contributed by atoms with E-state index in [2.05, 4.69) is 10.6 Å². The molecular formula is C17H17ClN2O3. The van der Waals surface area contributed by atoms with Gasteiger partial charge in [0.05, 0.1) is 12.6 Å². The van der Waals surface area contributed by atoms with Gasteiger partial charge in [-0.25, -0.2) is 0 Å². The van der Waals surface area contributed by atoms with Crippen LogP contribution in [-0.4, -0.2) is 23.5 Å². The topological polar surface area (TPSA) is 78.4 Å². The first kappa shape index (κ1) is 17.0. The molecule has 0 bridgehead atoms. The zero-order valence-corrected chi connectivity index (χ0v) is 13.3. The lowest BCUT2D eigenvalue weighted by atomic mass is 10.1. The van der Waals surface area contributed by atoms with Gasteiger partial charge in [0.15, 0.2) is 0 Å². The van der Waals surface area contributed by atoms with E-state index in [-0.39, 0.29) is 6.61 Å². The van der Waals surface area contributed by atoms with E-state index >= 15 is 0 Å². The number of hydrogen-bond acceptors (Lipinski definition) is 3. The molecule has 0 aliphatic carbocycles. The molecule has 0 aliphatic rings. The highest BCUT2D eigenvalue weighted by atomic mass is 35.5. The second kappa shape index (κ2) is 7.76. The molecule has 6 heteroatoms. The molecule has 0 heterocycles. The minimum Gasteiger partial charge on any atom is -0.394 e. The zero-order chi connectivity index (χ0) is 16.8. The van der Waals surface area contributed by atoms with Crippen molar-refractivity contribution in [3.63, 3.8) is 0 Å². The largest absolute Gasteiger partial charge is 0.394 e. The number of amides is 2. The van der Waals surface area contributed by atoms with Crippen LogP contribution in [0.5, 0.6) is 0 Å². The molecule has 0 saturated carbocycles. The first-order valence-corrected chi connectivity index (χ1v) is 7.43. The predicted molar refractivity (Wildman–Crippen MR) is 89.2 cm³/mol. The average Bonchev–Trinajstić information content (AvgIpc) is 2.55. The average molecular weight is 333 g/mol. The van der Waals surface area contributed by atoms with Crippen LogP contribution in [0.15, 0.2) is 48.5 Å². The Hall–Kier alpha value is -2.37. The van der Waals surface area contributed by atoms with Gasteiger partial charge < -0.3 is 15.7 Å². The quantitative estimate of drug-likeness (QED) is 0.752. The summed E-state index contributed by atoms with van der Waals surface area (Å²) in [6.45, 7) is 1.50. The maximum absolute atomic E-state index is 12.0. The van der Waals surface area contributed by atoms with Gasteiger partial charge >= 0.3 is 11.8 Å². The Morgan fingerprint density at radius 3 is 2.35 bits per heavy atom. The van der Waals surface area contributed by atoms with E-state index in [0.717, 1.165) is 5.56 Å². The van der Waals surface area contributed by atoms with Crippen molar-refractivity contribution in [2.45, 2.75) is 13.0 Å². The first-order chi connectivity index (χ1) is 11.0. The number of anilines is 1. The van der Waals surface area contributed by atoms with Gasteiger partial charge in [-0.15, -0.1) is 0 Å². The van der Waals surface area contributed by atoms with Crippen LogP contribution in [-0.2, 0) is 9.59 Å². The fourth-order valence-electron chi connectivity index (χ4n) is 2.05. The molecule has 0 fully saturated rings. The fraction of sp³-hybridized carbons (Fsp3) is 0.176. The molecule has 2 rings (SSSR count). The van der Waals surface area contributed by atoms with Gasteiger partial charge in [-0.2, -0.15) is 0 Å². The highest BCUT2D eigenvalue weighted by Crippen LogP contribution is 2.17. The SMILES string of the molecule is Cc1ccccc1NC(=O)C(=O)NC(CO)c1ccc(Cl)cc1. The number of carbonyl (C=O) groups is 2. The van der Waals surface area contributed by atoms with Gasteiger partial charge in [-0.1, -0.05) is 41.9 Å². The fourth-order valence-corrected chi connectivity index (χ4v) is 2.17. The summed E-state index contributed by atoms with van der Waals surface area (Å²) in [7, 11) is 0. The summed E-state index contributed by atoms with van der Waals surface area (Å²) in [5.41, 5.74) is 2.08. The third-order valence-electron chi connectivity index (χ3n) is 3.36. The van der Waals surface area contributed by atoms with Crippen LogP contribution in [0, 0.1) is 6.92 Å². The van der Waals surface area contributed by atoms with Crippen molar-refractivity contribution >= 4 is 29.1 Å². The van der Waals surface area contributed by atoms with Gasteiger partial charge in [0.1, 0.15) is 0 Å². The lowest BCUT2D eigenvalue weighted by Crippen LogP contribution is -2.39. The summed E-state index contributed by atoms with van der Waals surface area (Å²) in [6.07, 6.45) is 0. The second-order valence-corrected chi connectivity index (χ2v) is 5.47. The van der Waals surface area contributed by atoms with Crippen LogP contribution in [0.1, 0.15) is 17.2 Å². The van der Waals surface area contributed by atoms with Crippen molar-refractivity contribution in [3.05, 3.63) is 64.7 Å². The molecule has 0 spiro atoms. The van der Waals surface area contributed by atoms with E-state index in [1.54, 1.807) is 36.4 Å². The van der Waals surface area contributed by atoms with Gasteiger partial charge in [0.25, 0.3) is 0 Å². The van der Waals surface area contributed by atoms with Crippen molar-refractivity contribution in [1.82, 2.24) is 5.32 Å². The number of hydrogen-bond donors (Lipinski definition) is 3. The first-order valence-electron chi connectivity index (χ1n) is 7.05. The normalized spacial score (nSPS) is 11.6. The number of para-hydroxylation sites is 1. The second-order valence-electron chi connectivity index (χ2n) is 5.03. The number of halogens is 1. The molecule has 1 unspecified atom stereocenters. The summed E-state index contributed by atoms with van der Waals surface area (Å²) >= 11 is 5.81. The monoisotopic (exact) mass is 332 g/mol.